The molecule has 1 atom stereocenters. The number of halogens is 1. The van der Waals surface area contributed by atoms with Crippen LogP contribution >= 0.6 is 0 Å². The van der Waals surface area contributed by atoms with Crippen LogP contribution in [0.3, 0.4) is 0 Å². The highest BCUT2D eigenvalue weighted by Crippen LogP contribution is 2.33. The maximum Gasteiger partial charge on any atom is 0.352 e. The Morgan fingerprint density at radius 1 is 1.25 bits per heavy atom. The van der Waals surface area contributed by atoms with Gasteiger partial charge in [-0.3, -0.25) is 4.79 Å². The van der Waals surface area contributed by atoms with E-state index in [0.29, 0.717) is 49.3 Å². The van der Waals surface area contributed by atoms with Gasteiger partial charge in [-0.1, -0.05) is 24.3 Å². The van der Waals surface area contributed by atoms with Gasteiger partial charge < -0.3 is 19.9 Å². The van der Waals surface area contributed by atoms with E-state index < -0.39 is 22.9 Å². The minimum Gasteiger partial charge on any atom is -0.490 e. The number of carbonyl (C=O) groups is 1. The number of aromatic carboxylic acids is 1. The zero-order valence-corrected chi connectivity index (χ0v) is 20.2. The summed E-state index contributed by atoms with van der Waals surface area (Å²) in [7, 11) is 0. The normalized spacial score (nSPS) is 15.0. The monoisotopic (exact) mass is 498 g/mol. The molecule has 36 heavy (non-hydrogen) atoms. The highest BCUT2D eigenvalue weighted by molar-refractivity contribution is 5.85. The van der Waals surface area contributed by atoms with Gasteiger partial charge in [0, 0.05) is 5.56 Å². The van der Waals surface area contributed by atoms with E-state index >= 15 is 0 Å². The molecule has 1 fully saturated rings. The predicted molar refractivity (Wildman–Crippen MR) is 129 cm³/mol. The fourth-order valence-electron chi connectivity index (χ4n) is 4.10. The second-order valence-corrected chi connectivity index (χ2v) is 9.41. The molecule has 0 aliphatic heterocycles. The number of carboxylic acids is 1. The van der Waals surface area contributed by atoms with Gasteiger partial charge >= 0.3 is 5.97 Å². The average molecular weight is 499 g/mol. The maximum absolute atomic E-state index is 14.3. The first-order valence-electron chi connectivity index (χ1n) is 12.3. The Morgan fingerprint density at radius 3 is 2.72 bits per heavy atom. The van der Waals surface area contributed by atoms with Gasteiger partial charge in [0.25, 0.3) is 5.56 Å². The Balaban J connectivity index is 1.37. The zero-order chi connectivity index (χ0) is 25.7. The summed E-state index contributed by atoms with van der Waals surface area (Å²) in [6.45, 7) is 2.49. The maximum atomic E-state index is 14.3. The molecule has 4 rings (SSSR count). The number of hydrogen-bond donors (Lipinski definition) is 3. The predicted octanol–water partition coefficient (Wildman–Crippen LogP) is 3.46. The molecular formula is C26H31FN4O5. The van der Waals surface area contributed by atoms with Gasteiger partial charge in [-0.15, -0.1) is 5.10 Å². The first-order chi connectivity index (χ1) is 17.3. The summed E-state index contributed by atoms with van der Waals surface area (Å²) in [4.78, 5) is 25.4. The summed E-state index contributed by atoms with van der Waals surface area (Å²) in [5, 5.41) is 28.6. The summed E-state index contributed by atoms with van der Waals surface area (Å²) in [6, 6.07) is 7.41. The number of aromatic nitrogens is 4. The molecule has 1 aromatic carbocycles. The molecule has 0 saturated heterocycles. The highest BCUT2D eigenvalue weighted by atomic mass is 19.1. The third-order valence-corrected chi connectivity index (χ3v) is 6.68. The van der Waals surface area contributed by atoms with Gasteiger partial charge in [0.2, 0.25) is 0 Å². The number of aromatic amines is 1. The molecule has 3 aromatic rings. The molecule has 0 spiro atoms. The van der Waals surface area contributed by atoms with Crippen LogP contribution in [0.25, 0.3) is 0 Å². The van der Waals surface area contributed by atoms with E-state index in [-0.39, 0.29) is 18.0 Å². The number of aliphatic hydroxyl groups is 1. The summed E-state index contributed by atoms with van der Waals surface area (Å²) < 4.78 is 21.6. The number of rotatable bonds is 13. The number of benzene rings is 1. The lowest BCUT2D eigenvalue weighted by molar-refractivity contribution is 0.00940. The highest BCUT2D eigenvalue weighted by Gasteiger charge is 2.31. The van der Waals surface area contributed by atoms with Crippen LogP contribution in [0.5, 0.6) is 5.75 Å². The van der Waals surface area contributed by atoms with Crippen molar-refractivity contribution in [3.63, 3.8) is 0 Å². The lowest BCUT2D eigenvalue weighted by Crippen LogP contribution is -2.32. The van der Waals surface area contributed by atoms with Gasteiger partial charge in [0.05, 0.1) is 25.0 Å². The van der Waals surface area contributed by atoms with Gasteiger partial charge in [-0.05, 0) is 74.6 Å². The molecule has 2 aromatic heterocycles. The van der Waals surface area contributed by atoms with Crippen molar-refractivity contribution in [1.29, 1.82) is 0 Å². The molecule has 2 heterocycles. The lowest BCUT2D eigenvalue weighted by Gasteiger charge is -2.28. The summed E-state index contributed by atoms with van der Waals surface area (Å²) >= 11 is 0. The first-order valence-corrected chi connectivity index (χ1v) is 12.3. The molecule has 1 unspecified atom stereocenters. The third-order valence-electron chi connectivity index (χ3n) is 6.68. The lowest BCUT2D eigenvalue weighted by atomic mass is 9.90. The second-order valence-electron chi connectivity index (χ2n) is 9.41. The van der Waals surface area contributed by atoms with E-state index in [0.717, 1.165) is 25.0 Å². The number of ether oxygens (including phenoxy) is 1. The number of carboxylic acid groups (broad SMARTS) is 1. The summed E-state index contributed by atoms with van der Waals surface area (Å²) in [5.74, 6) is -0.986. The van der Waals surface area contributed by atoms with Crippen molar-refractivity contribution in [2.24, 2.45) is 5.92 Å². The SMILES string of the molecule is CCC(O)(Cn1nncc1CCCCc1ccc(C(=O)O)[nH]c1=O)c1ccc(F)c(OCC2CC2)c1. The second kappa shape index (κ2) is 11.0. The number of unbranched alkanes of at least 4 members (excludes halogenated alkanes) is 1. The Bertz CT molecular complexity index is 1270. The van der Waals surface area contributed by atoms with E-state index in [1.54, 1.807) is 29.1 Å². The van der Waals surface area contributed by atoms with E-state index in [9.17, 15) is 19.1 Å². The number of pyridine rings is 1. The van der Waals surface area contributed by atoms with Crippen molar-refractivity contribution in [3.8, 4) is 5.75 Å². The van der Waals surface area contributed by atoms with Crippen LogP contribution in [0.2, 0.25) is 0 Å². The number of nitrogens with one attached hydrogen (secondary N) is 1. The van der Waals surface area contributed by atoms with Crippen molar-refractivity contribution in [2.45, 2.75) is 64.0 Å². The number of H-pyrrole nitrogens is 1. The Morgan fingerprint density at radius 2 is 2.03 bits per heavy atom. The molecule has 192 valence electrons. The molecule has 10 heteroatoms. The zero-order valence-electron chi connectivity index (χ0n) is 20.2. The fraction of sp³-hybridized carbons (Fsp3) is 0.462. The van der Waals surface area contributed by atoms with Crippen molar-refractivity contribution >= 4 is 5.97 Å². The van der Waals surface area contributed by atoms with Crippen LogP contribution in [-0.4, -0.2) is 42.8 Å². The largest absolute Gasteiger partial charge is 0.490 e. The van der Waals surface area contributed by atoms with Gasteiger partial charge in [0.1, 0.15) is 11.3 Å². The minimum atomic E-state index is -1.28. The number of nitrogens with zero attached hydrogens (tertiary/aromatic N) is 3. The molecule has 0 radical (unpaired) electrons. The quantitative estimate of drug-likeness (QED) is 0.308. The van der Waals surface area contributed by atoms with Crippen LogP contribution in [0, 0.1) is 11.7 Å². The van der Waals surface area contributed by atoms with Crippen LogP contribution in [-0.2, 0) is 25.0 Å². The van der Waals surface area contributed by atoms with E-state index in [2.05, 4.69) is 15.3 Å². The summed E-state index contributed by atoms with van der Waals surface area (Å²) in [5.41, 5.74) is 0.113. The molecule has 0 amide bonds. The molecule has 9 nitrogen and oxygen atoms in total. The summed E-state index contributed by atoms with van der Waals surface area (Å²) in [6.07, 6.45) is 6.83. The van der Waals surface area contributed by atoms with Crippen molar-refractivity contribution in [2.75, 3.05) is 6.61 Å². The van der Waals surface area contributed by atoms with Gasteiger partial charge in [0.15, 0.2) is 11.6 Å². The number of hydrogen-bond acceptors (Lipinski definition) is 6. The smallest absolute Gasteiger partial charge is 0.352 e. The van der Waals surface area contributed by atoms with Crippen LogP contribution in [0.1, 0.15) is 66.3 Å². The molecule has 1 aliphatic rings. The Hall–Kier alpha value is -3.53. The Labute approximate surface area is 207 Å². The van der Waals surface area contributed by atoms with Crippen molar-refractivity contribution in [1.82, 2.24) is 20.0 Å². The van der Waals surface area contributed by atoms with E-state index in [4.69, 9.17) is 9.84 Å². The fourth-order valence-corrected chi connectivity index (χ4v) is 4.10. The standard InChI is InChI=1S/C26H31FN4O5/c1-2-26(35,19-10-11-21(27)23(13-19)36-15-17-7-8-17)16-31-20(14-28-30-31)6-4-3-5-18-9-12-22(25(33)34)29-24(18)32/h9-14,17,35H,2-8,15-16H2,1H3,(H,29,32)(H,33,34). The van der Waals surface area contributed by atoms with Gasteiger partial charge in [-0.2, -0.15) is 0 Å². The van der Waals surface area contributed by atoms with Crippen LogP contribution < -0.4 is 10.3 Å². The molecule has 1 saturated carbocycles. The number of aryl methyl sites for hydroxylation is 2. The minimum absolute atomic E-state index is 0.134. The van der Waals surface area contributed by atoms with Gasteiger partial charge in [-0.25, -0.2) is 13.9 Å². The first kappa shape index (κ1) is 25.6. The molecule has 3 N–H and O–H groups in total. The molecular weight excluding hydrogens is 467 g/mol. The van der Waals surface area contributed by atoms with Crippen LogP contribution in [0.4, 0.5) is 4.39 Å². The van der Waals surface area contributed by atoms with E-state index in [1.807, 2.05) is 6.92 Å². The topological polar surface area (TPSA) is 130 Å². The Kier molecular flexibility index (Phi) is 7.83. The van der Waals surface area contributed by atoms with E-state index in [1.165, 1.54) is 12.1 Å². The molecule has 1 aliphatic carbocycles. The molecule has 0 bridgehead atoms. The van der Waals surface area contributed by atoms with Crippen molar-refractivity contribution in [3.05, 3.63) is 75.2 Å². The average Bonchev–Trinajstić information content (AvgIpc) is 3.60. The van der Waals surface area contributed by atoms with Crippen LogP contribution in [0.15, 0.2) is 41.3 Å². The van der Waals surface area contributed by atoms with Crippen molar-refractivity contribution < 1.29 is 24.1 Å². The third kappa shape index (κ3) is 6.17.